The Labute approximate surface area is 85.8 Å². The van der Waals surface area contributed by atoms with Crippen molar-refractivity contribution >= 4 is 28.2 Å². The van der Waals surface area contributed by atoms with Gasteiger partial charge in [-0.15, -0.1) is 0 Å². The van der Waals surface area contributed by atoms with E-state index >= 15 is 0 Å². The van der Waals surface area contributed by atoms with Gasteiger partial charge in [0.05, 0.1) is 22.7 Å². The molecule has 0 radical (unpaired) electrons. The van der Waals surface area contributed by atoms with Crippen molar-refractivity contribution in [1.82, 2.24) is 9.38 Å². The lowest BCUT2D eigenvalue weighted by Crippen LogP contribution is -1.88. The van der Waals surface area contributed by atoms with E-state index in [1.165, 1.54) is 0 Å². The average Bonchev–Trinajstić information content (AvgIpc) is 2.65. The van der Waals surface area contributed by atoms with E-state index in [1.807, 2.05) is 42.7 Å². The zero-order valence-electron chi connectivity index (χ0n) is 7.31. The molecule has 2 heterocycles. The SMILES string of the molecule is Clc1ccc2ncc3cccn3c2c1. The molecule has 14 heavy (non-hydrogen) atoms. The molecule has 0 spiro atoms. The van der Waals surface area contributed by atoms with Crippen LogP contribution in [0.1, 0.15) is 0 Å². The molecule has 2 nitrogen and oxygen atoms in total. The fraction of sp³-hybridized carbons (Fsp3) is 0. The molecule has 0 bridgehead atoms. The van der Waals surface area contributed by atoms with Crippen LogP contribution in [-0.2, 0) is 0 Å². The van der Waals surface area contributed by atoms with Crippen molar-refractivity contribution in [3.05, 3.63) is 47.7 Å². The molecule has 3 aromatic rings. The Morgan fingerprint density at radius 3 is 3.07 bits per heavy atom. The van der Waals surface area contributed by atoms with E-state index in [4.69, 9.17) is 11.6 Å². The van der Waals surface area contributed by atoms with Crippen LogP contribution in [0.3, 0.4) is 0 Å². The summed E-state index contributed by atoms with van der Waals surface area (Å²) in [5.74, 6) is 0. The molecule has 3 rings (SSSR count). The Kier molecular flexibility index (Phi) is 1.52. The normalized spacial score (nSPS) is 11.2. The Hall–Kier alpha value is -1.54. The molecule has 0 amide bonds. The Balaban J connectivity index is 2.60. The maximum Gasteiger partial charge on any atom is 0.0871 e. The monoisotopic (exact) mass is 202 g/mol. The van der Waals surface area contributed by atoms with Crippen LogP contribution in [-0.4, -0.2) is 9.38 Å². The van der Waals surface area contributed by atoms with Crippen LogP contribution in [0.4, 0.5) is 0 Å². The van der Waals surface area contributed by atoms with Crippen molar-refractivity contribution in [3.63, 3.8) is 0 Å². The Bertz CT molecular complexity index is 613. The van der Waals surface area contributed by atoms with Gasteiger partial charge < -0.3 is 4.40 Å². The van der Waals surface area contributed by atoms with Crippen molar-refractivity contribution in [2.45, 2.75) is 0 Å². The molecular weight excluding hydrogens is 196 g/mol. The van der Waals surface area contributed by atoms with Gasteiger partial charge in [-0.05, 0) is 30.3 Å². The van der Waals surface area contributed by atoms with Crippen LogP contribution in [0.5, 0.6) is 0 Å². The second kappa shape index (κ2) is 2.72. The molecule has 0 unspecified atom stereocenters. The number of hydrogen-bond acceptors (Lipinski definition) is 1. The van der Waals surface area contributed by atoms with Crippen molar-refractivity contribution in [3.8, 4) is 0 Å². The summed E-state index contributed by atoms with van der Waals surface area (Å²) in [7, 11) is 0. The zero-order chi connectivity index (χ0) is 9.54. The number of hydrogen-bond donors (Lipinski definition) is 0. The van der Waals surface area contributed by atoms with E-state index in [-0.39, 0.29) is 0 Å². The molecule has 2 aromatic heterocycles. The minimum atomic E-state index is 0.737. The smallest absolute Gasteiger partial charge is 0.0871 e. The maximum absolute atomic E-state index is 5.94. The van der Waals surface area contributed by atoms with E-state index < -0.39 is 0 Å². The zero-order valence-corrected chi connectivity index (χ0v) is 8.07. The molecule has 0 atom stereocenters. The number of rotatable bonds is 0. The van der Waals surface area contributed by atoms with Crippen molar-refractivity contribution in [2.24, 2.45) is 0 Å². The van der Waals surface area contributed by atoms with Gasteiger partial charge in [0.25, 0.3) is 0 Å². The van der Waals surface area contributed by atoms with E-state index in [0.29, 0.717) is 0 Å². The van der Waals surface area contributed by atoms with Crippen LogP contribution in [0.2, 0.25) is 5.02 Å². The molecule has 0 fully saturated rings. The summed E-state index contributed by atoms with van der Waals surface area (Å²) < 4.78 is 2.08. The number of aromatic nitrogens is 2. The topological polar surface area (TPSA) is 17.3 Å². The highest BCUT2D eigenvalue weighted by Gasteiger charge is 2.00. The molecule has 1 aromatic carbocycles. The second-order valence-corrected chi connectivity index (χ2v) is 3.63. The molecule has 0 N–H and O–H groups in total. The van der Waals surface area contributed by atoms with E-state index in [0.717, 1.165) is 21.6 Å². The first kappa shape index (κ1) is 7.83. The van der Waals surface area contributed by atoms with Crippen LogP contribution < -0.4 is 0 Å². The van der Waals surface area contributed by atoms with E-state index in [9.17, 15) is 0 Å². The van der Waals surface area contributed by atoms with Gasteiger partial charge >= 0.3 is 0 Å². The summed E-state index contributed by atoms with van der Waals surface area (Å²) in [6.07, 6.45) is 3.87. The maximum atomic E-state index is 5.94. The van der Waals surface area contributed by atoms with Crippen LogP contribution in [0.15, 0.2) is 42.7 Å². The summed E-state index contributed by atoms with van der Waals surface area (Å²) >= 11 is 5.94. The van der Waals surface area contributed by atoms with Crippen LogP contribution >= 0.6 is 11.6 Å². The summed E-state index contributed by atoms with van der Waals surface area (Å²) in [6, 6.07) is 9.73. The quantitative estimate of drug-likeness (QED) is 0.548. The van der Waals surface area contributed by atoms with Crippen LogP contribution in [0.25, 0.3) is 16.6 Å². The highest BCUT2D eigenvalue weighted by atomic mass is 35.5. The molecule has 0 aliphatic heterocycles. The molecule has 0 aliphatic rings. The van der Waals surface area contributed by atoms with E-state index in [2.05, 4.69) is 9.38 Å². The Morgan fingerprint density at radius 1 is 1.21 bits per heavy atom. The first-order chi connectivity index (χ1) is 6.84. The summed E-state index contributed by atoms with van der Waals surface area (Å²) in [5.41, 5.74) is 3.08. The number of fused-ring (bicyclic) bond motifs is 3. The van der Waals surface area contributed by atoms with E-state index in [1.54, 1.807) is 0 Å². The van der Waals surface area contributed by atoms with Gasteiger partial charge in [-0.25, -0.2) is 0 Å². The van der Waals surface area contributed by atoms with Crippen molar-refractivity contribution in [1.29, 1.82) is 0 Å². The lowest BCUT2D eigenvalue weighted by atomic mass is 10.3. The summed E-state index contributed by atoms with van der Waals surface area (Å²) in [6.45, 7) is 0. The second-order valence-electron chi connectivity index (χ2n) is 3.19. The van der Waals surface area contributed by atoms with Gasteiger partial charge in [0.1, 0.15) is 0 Å². The van der Waals surface area contributed by atoms with Gasteiger partial charge in [0.15, 0.2) is 0 Å². The summed E-state index contributed by atoms with van der Waals surface area (Å²) in [4.78, 5) is 4.34. The third-order valence-corrected chi connectivity index (χ3v) is 2.55. The highest BCUT2D eigenvalue weighted by molar-refractivity contribution is 6.31. The predicted molar refractivity (Wildman–Crippen MR) is 57.7 cm³/mol. The minimum absolute atomic E-state index is 0.737. The fourth-order valence-electron chi connectivity index (χ4n) is 1.65. The molecular formula is C11H7ClN2. The lowest BCUT2D eigenvalue weighted by molar-refractivity contribution is 1.23. The third kappa shape index (κ3) is 1.01. The van der Waals surface area contributed by atoms with Gasteiger partial charge in [-0.1, -0.05) is 11.6 Å². The van der Waals surface area contributed by atoms with Gasteiger partial charge in [0, 0.05) is 11.2 Å². The number of halogens is 1. The molecule has 3 heteroatoms. The molecule has 0 saturated heterocycles. The predicted octanol–water partition coefficient (Wildman–Crippen LogP) is 3.14. The van der Waals surface area contributed by atoms with Crippen molar-refractivity contribution in [2.75, 3.05) is 0 Å². The fourth-order valence-corrected chi connectivity index (χ4v) is 1.82. The van der Waals surface area contributed by atoms with Crippen molar-refractivity contribution < 1.29 is 0 Å². The number of nitrogens with zero attached hydrogens (tertiary/aromatic N) is 2. The van der Waals surface area contributed by atoms with Gasteiger partial charge in [-0.3, -0.25) is 4.98 Å². The average molecular weight is 203 g/mol. The lowest BCUT2D eigenvalue weighted by Gasteiger charge is -2.01. The number of benzene rings is 1. The highest BCUT2D eigenvalue weighted by Crippen LogP contribution is 2.19. The largest absolute Gasteiger partial charge is 0.313 e. The summed E-state index contributed by atoms with van der Waals surface area (Å²) in [5, 5.41) is 0.737. The first-order valence-corrected chi connectivity index (χ1v) is 4.74. The van der Waals surface area contributed by atoms with Gasteiger partial charge in [-0.2, -0.15) is 0 Å². The Morgan fingerprint density at radius 2 is 2.14 bits per heavy atom. The third-order valence-electron chi connectivity index (χ3n) is 2.31. The first-order valence-electron chi connectivity index (χ1n) is 4.36. The molecule has 0 aliphatic carbocycles. The van der Waals surface area contributed by atoms with Gasteiger partial charge in [0.2, 0.25) is 0 Å². The minimum Gasteiger partial charge on any atom is -0.313 e. The standard InChI is InChI=1S/C11H7ClN2/c12-8-3-4-10-11(6-8)14-5-1-2-9(14)7-13-10/h1-7H. The van der Waals surface area contributed by atoms with Crippen LogP contribution in [0, 0.1) is 0 Å². The molecule has 0 saturated carbocycles. The molecule has 68 valence electrons.